The van der Waals surface area contributed by atoms with Crippen LogP contribution in [0.15, 0.2) is 29.3 Å². The molecule has 102 valence electrons. The molecule has 0 spiro atoms. The summed E-state index contributed by atoms with van der Waals surface area (Å²) in [7, 11) is 1.67. The van der Waals surface area contributed by atoms with E-state index in [9.17, 15) is 5.11 Å². The van der Waals surface area contributed by atoms with E-state index in [-0.39, 0.29) is 18.2 Å². The van der Waals surface area contributed by atoms with Gasteiger partial charge in [-0.1, -0.05) is 18.2 Å². The first-order valence-electron chi connectivity index (χ1n) is 6.79. The van der Waals surface area contributed by atoms with Gasteiger partial charge in [0.15, 0.2) is 5.90 Å². The second-order valence-electron chi connectivity index (χ2n) is 5.20. The van der Waals surface area contributed by atoms with Crippen LogP contribution in [-0.4, -0.2) is 36.4 Å². The van der Waals surface area contributed by atoms with Gasteiger partial charge in [-0.25, -0.2) is 4.99 Å². The molecule has 0 saturated heterocycles. The maximum absolute atomic E-state index is 9.67. The highest BCUT2D eigenvalue weighted by Gasteiger charge is 2.36. The van der Waals surface area contributed by atoms with Crippen molar-refractivity contribution < 1.29 is 14.6 Å². The molecule has 2 aliphatic rings. The van der Waals surface area contributed by atoms with Crippen LogP contribution in [0, 0.1) is 0 Å². The average molecular weight is 261 g/mol. The van der Waals surface area contributed by atoms with Crippen molar-refractivity contribution in [2.24, 2.45) is 4.99 Å². The van der Waals surface area contributed by atoms with E-state index in [0.29, 0.717) is 6.42 Å². The lowest BCUT2D eigenvalue weighted by Crippen LogP contribution is -2.33. The molecule has 3 rings (SSSR count). The monoisotopic (exact) mass is 261 g/mol. The Morgan fingerprint density at radius 3 is 3.05 bits per heavy atom. The molecule has 1 heterocycles. The maximum Gasteiger partial charge on any atom is 0.188 e. The number of para-hydroxylation sites is 1. The topological polar surface area (TPSA) is 51.0 Å². The van der Waals surface area contributed by atoms with Crippen LogP contribution >= 0.6 is 0 Å². The summed E-state index contributed by atoms with van der Waals surface area (Å²) >= 11 is 0. The number of ether oxygens (including phenoxy) is 2. The summed E-state index contributed by atoms with van der Waals surface area (Å²) in [5, 5.41) is 9.67. The standard InChI is InChI=1S/C15H19NO3/c1-18-13-5-3-2-4-10(13)8-15-16-12-9-11(17)6-7-14(12)19-15/h2-5,11-12,14,17H,6-9H2,1H3. The van der Waals surface area contributed by atoms with Gasteiger partial charge in [0.2, 0.25) is 0 Å². The van der Waals surface area contributed by atoms with Crippen molar-refractivity contribution >= 4 is 5.90 Å². The van der Waals surface area contributed by atoms with Crippen LogP contribution in [-0.2, 0) is 11.2 Å². The number of aliphatic hydroxyl groups excluding tert-OH is 1. The smallest absolute Gasteiger partial charge is 0.188 e. The molecule has 1 aromatic rings. The summed E-state index contributed by atoms with van der Waals surface area (Å²) in [5.41, 5.74) is 1.09. The van der Waals surface area contributed by atoms with Gasteiger partial charge in [-0.2, -0.15) is 0 Å². The van der Waals surface area contributed by atoms with Gasteiger partial charge in [0.1, 0.15) is 11.9 Å². The van der Waals surface area contributed by atoms with Gasteiger partial charge in [-0.3, -0.25) is 0 Å². The van der Waals surface area contributed by atoms with E-state index in [1.807, 2.05) is 24.3 Å². The average Bonchev–Trinajstić information content (AvgIpc) is 2.80. The minimum absolute atomic E-state index is 0.133. The number of rotatable bonds is 3. The largest absolute Gasteiger partial charge is 0.496 e. The Kier molecular flexibility index (Phi) is 3.42. The zero-order chi connectivity index (χ0) is 13.2. The molecular weight excluding hydrogens is 242 g/mol. The number of aliphatic hydroxyl groups is 1. The maximum atomic E-state index is 9.67. The van der Waals surface area contributed by atoms with Crippen LogP contribution in [0.3, 0.4) is 0 Å². The van der Waals surface area contributed by atoms with Crippen LogP contribution in [0.4, 0.5) is 0 Å². The van der Waals surface area contributed by atoms with Gasteiger partial charge in [0, 0.05) is 5.56 Å². The fraction of sp³-hybridized carbons (Fsp3) is 0.533. The highest BCUT2D eigenvalue weighted by atomic mass is 16.5. The first-order chi connectivity index (χ1) is 9.26. The van der Waals surface area contributed by atoms with E-state index in [0.717, 1.165) is 36.5 Å². The minimum Gasteiger partial charge on any atom is -0.496 e. The third kappa shape index (κ3) is 2.59. The van der Waals surface area contributed by atoms with Crippen LogP contribution < -0.4 is 4.74 Å². The van der Waals surface area contributed by atoms with Gasteiger partial charge >= 0.3 is 0 Å². The summed E-state index contributed by atoms with van der Waals surface area (Å²) in [6.45, 7) is 0. The SMILES string of the molecule is COc1ccccc1CC1=NC2CC(O)CCC2O1. The highest BCUT2D eigenvalue weighted by Crippen LogP contribution is 2.30. The summed E-state index contributed by atoms with van der Waals surface area (Å²) in [6.07, 6.45) is 3.03. The van der Waals surface area contributed by atoms with Crippen molar-refractivity contribution in [1.82, 2.24) is 0 Å². The third-order valence-corrected chi connectivity index (χ3v) is 3.86. The first kappa shape index (κ1) is 12.5. The highest BCUT2D eigenvalue weighted by molar-refractivity contribution is 5.81. The Hall–Kier alpha value is -1.55. The van der Waals surface area contributed by atoms with E-state index in [2.05, 4.69) is 4.99 Å². The van der Waals surface area contributed by atoms with Crippen molar-refractivity contribution in [3.63, 3.8) is 0 Å². The van der Waals surface area contributed by atoms with Gasteiger partial charge in [-0.05, 0) is 25.3 Å². The molecule has 0 radical (unpaired) electrons. The summed E-state index contributed by atoms with van der Waals surface area (Å²) in [6, 6.07) is 8.05. The molecule has 3 atom stereocenters. The summed E-state index contributed by atoms with van der Waals surface area (Å²) < 4.78 is 11.2. The van der Waals surface area contributed by atoms with Crippen molar-refractivity contribution in [2.45, 2.75) is 43.9 Å². The predicted molar refractivity (Wildman–Crippen MR) is 72.7 cm³/mol. The number of hydrogen-bond acceptors (Lipinski definition) is 4. The van der Waals surface area contributed by atoms with Crippen LogP contribution in [0.2, 0.25) is 0 Å². The zero-order valence-electron chi connectivity index (χ0n) is 11.1. The number of aliphatic imine (C=N–C) groups is 1. The Labute approximate surface area is 113 Å². The second kappa shape index (κ2) is 5.21. The number of nitrogens with zero attached hydrogens (tertiary/aromatic N) is 1. The van der Waals surface area contributed by atoms with Crippen molar-refractivity contribution in [2.75, 3.05) is 7.11 Å². The molecule has 1 aliphatic carbocycles. The Morgan fingerprint density at radius 2 is 2.21 bits per heavy atom. The van der Waals surface area contributed by atoms with E-state index in [1.54, 1.807) is 7.11 Å². The zero-order valence-corrected chi connectivity index (χ0v) is 11.1. The van der Waals surface area contributed by atoms with Crippen molar-refractivity contribution in [3.8, 4) is 5.75 Å². The summed E-state index contributed by atoms with van der Waals surface area (Å²) in [4.78, 5) is 4.61. The van der Waals surface area contributed by atoms with Crippen LogP contribution in [0.5, 0.6) is 5.75 Å². The molecule has 1 aliphatic heterocycles. The number of fused-ring (bicyclic) bond motifs is 1. The number of benzene rings is 1. The van der Waals surface area contributed by atoms with Crippen LogP contribution in [0.1, 0.15) is 24.8 Å². The second-order valence-corrected chi connectivity index (χ2v) is 5.20. The lowest BCUT2D eigenvalue weighted by molar-refractivity contribution is 0.0615. The minimum atomic E-state index is -0.223. The number of methoxy groups -OCH3 is 1. The molecule has 4 heteroatoms. The molecule has 1 N–H and O–H groups in total. The predicted octanol–water partition coefficient (Wildman–Crippen LogP) is 1.95. The number of hydrogen-bond donors (Lipinski definition) is 1. The van der Waals surface area contributed by atoms with Crippen LogP contribution in [0.25, 0.3) is 0 Å². The molecule has 1 saturated carbocycles. The lowest BCUT2D eigenvalue weighted by atomic mass is 9.91. The Balaban J connectivity index is 1.72. The van der Waals surface area contributed by atoms with Gasteiger partial charge < -0.3 is 14.6 Å². The normalized spacial score (nSPS) is 29.4. The lowest BCUT2D eigenvalue weighted by Gasteiger charge is -2.26. The van der Waals surface area contributed by atoms with Crippen molar-refractivity contribution in [1.29, 1.82) is 0 Å². The van der Waals surface area contributed by atoms with Gasteiger partial charge in [0.25, 0.3) is 0 Å². The van der Waals surface area contributed by atoms with Gasteiger partial charge in [-0.15, -0.1) is 0 Å². The molecule has 19 heavy (non-hydrogen) atoms. The fourth-order valence-electron chi connectivity index (χ4n) is 2.86. The van der Waals surface area contributed by atoms with Crippen molar-refractivity contribution in [3.05, 3.63) is 29.8 Å². The quantitative estimate of drug-likeness (QED) is 0.904. The van der Waals surface area contributed by atoms with Gasteiger partial charge in [0.05, 0.1) is 25.7 Å². The summed E-state index contributed by atoms with van der Waals surface area (Å²) in [5.74, 6) is 1.64. The van der Waals surface area contributed by atoms with E-state index in [1.165, 1.54) is 0 Å². The first-order valence-corrected chi connectivity index (χ1v) is 6.79. The molecule has 0 aromatic heterocycles. The molecule has 0 amide bonds. The molecule has 0 bridgehead atoms. The Morgan fingerprint density at radius 1 is 1.37 bits per heavy atom. The Bertz CT molecular complexity index is 486. The molecule has 1 aromatic carbocycles. The molecule has 1 fully saturated rings. The molecule has 3 unspecified atom stereocenters. The van der Waals surface area contributed by atoms with E-state index in [4.69, 9.17) is 9.47 Å². The van der Waals surface area contributed by atoms with E-state index < -0.39 is 0 Å². The molecular formula is C15H19NO3. The third-order valence-electron chi connectivity index (χ3n) is 3.86. The van der Waals surface area contributed by atoms with E-state index >= 15 is 0 Å². The fourth-order valence-corrected chi connectivity index (χ4v) is 2.86. The molecule has 4 nitrogen and oxygen atoms in total.